The molecule has 2 rings (SSSR count). The molecule has 2 atom stereocenters. The molecule has 1 aliphatic heterocycles. The van der Waals surface area contributed by atoms with Gasteiger partial charge in [-0.1, -0.05) is 29.8 Å². The van der Waals surface area contributed by atoms with Crippen molar-refractivity contribution in [3.8, 4) is 0 Å². The van der Waals surface area contributed by atoms with Gasteiger partial charge in [-0.15, -0.1) is 0 Å². The molecule has 0 amide bonds. The molecule has 0 spiro atoms. The molecule has 106 valence electrons. The lowest BCUT2D eigenvalue weighted by Gasteiger charge is -2.39. The van der Waals surface area contributed by atoms with Gasteiger partial charge in [0.25, 0.3) is 0 Å². The molecule has 1 saturated heterocycles. The van der Waals surface area contributed by atoms with Gasteiger partial charge < -0.3 is 10.5 Å². The standard InChI is InChI=1S/C16H26N2O/c1-12-4-6-14(7-5-12)16(13(2)17)18-10-8-15(19-3)9-11-18/h4-7,13,15-16H,8-11,17H2,1-3H3. The Morgan fingerprint density at radius 3 is 2.26 bits per heavy atom. The molecule has 1 fully saturated rings. The van der Waals surface area contributed by atoms with Crippen LogP contribution in [-0.4, -0.2) is 37.2 Å². The van der Waals surface area contributed by atoms with Gasteiger partial charge >= 0.3 is 0 Å². The van der Waals surface area contributed by atoms with Crippen molar-refractivity contribution in [2.24, 2.45) is 5.73 Å². The first-order chi connectivity index (χ1) is 9.11. The van der Waals surface area contributed by atoms with E-state index in [2.05, 4.69) is 43.0 Å². The van der Waals surface area contributed by atoms with Gasteiger partial charge in [0.05, 0.1) is 6.10 Å². The number of nitrogens with zero attached hydrogens (tertiary/aromatic N) is 1. The normalized spacial score (nSPS) is 21.3. The predicted octanol–water partition coefficient (Wildman–Crippen LogP) is 2.49. The number of likely N-dealkylation sites (tertiary alicyclic amines) is 1. The first kappa shape index (κ1) is 14.5. The van der Waals surface area contributed by atoms with Crippen LogP contribution in [-0.2, 0) is 4.74 Å². The molecule has 1 aromatic rings. The van der Waals surface area contributed by atoms with Crippen molar-refractivity contribution in [1.29, 1.82) is 0 Å². The van der Waals surface area contributed by atoms with Crippen LogP contribution >= 0.6 is 0 Å². The van der Waals surface area contributed by atoms with E-state index < -0.39 is 0 Å². The van der Waals surface area contributed by atoms with Gasteiger partial charge in [-0.3, -0.25) is 4.90 Å². The Labute approximate surface area is 116 Å². The average molecular weight is 262 g/mol. The third-order valence-corrected chi connectivity index (χ3v) is 4.12. The maximum Gasteiger partial charge on any atom is 0.0595 e. The van der Waals surface area contributed by atoms with Gasteiger partial charge in [0.2, 0.25) is 0 Å². The number of hydrogen-bond acceptors (Lipinski definition) is 3. The van der Waals surface area contributed by atoms with Crippen LogP contribution in [0.25, 0.3) is 0 Å². The molecule has 0 aliphatic carbocycles. The number of hydrogen-bond donors (Lipinski definition) is 1. The molecule has 0 bridgehead atoms. The van der Waals surface area contributed by atoms with E-state index in [4.69, 9.17) is 10.5 Å². The van der Waals surface area contributed by atoms with E-state index in [0.29, 0.717) is 12.1 Å². The highest BCUT2D eigenvalue weighted by Gasteiger charge is 2.28. The van der Waals surface area contributed by atoms with Gasteiger partial charge in [0, 0.05) is 32.3 Å². The van der Waals surface area contributed by atoms with Crippen molar-refractivity contribution in [2.45, 2.75) is 44.9 Å². The zero-order valence-electron chi connectivity index (χ0n) is 12.3. The summed E-state index contributed by atoms with van der Waals surface area (Å²) < 4.78 is 5.44. The summed E-state index contributed by atoms with van der Waals surface area (Å²) in [7, 11) is 1.81. The maximum atomic E-state index is 6.23. The van der Waals surface area contributed by atoms with Crippen molar-refractivity contribution in [1.82, 2.24) is 4.90 Å². The van der Waals surface area contributed by atoms with Gasteiger partial charge in [0.1, 0.15) is 0 Å². The summed E-state index contributed by atoms with van der Waals surface area (Å²) in [4.78, 5) is 2.50. The molecule has 1 aromatic carbocycles. The lowest BCUT2D eigenvalue weighted by Crippen LogP contribution is -2.45. The fourth-order valence-electron chi connectivity index (χ4n) is 3.00. The summed E-state index contributed by atoms with van der Waals surface area (Å²) >= 11 is 0. The van der Waals surface area contributed by atoms with Crippen molar-refractivity contribution in [3.63, 3.8) is 0 Å². The molecule has 3 heteroatoms. The Hall–Kier alpha value is -0.900. The minimum atomic E-state index is 0.141. The summed E-state index contributed by atoms with van der Waals surface area (Å²) in [5.41, 5.74) is 8.86. The lowest BCUT2D eigenvalue weighted by atomic mass is 9.95. The minimum Gasteiger partial charge on any atom is -0.381 e. The fourth-order valence-corrected chi connectivity index (χ4v) is 3.00. The van der Waals surface area contributed by atoms with Crippen molar-refractivity contribution >= 4 is 0 Å². The predicted molar refractivity (Wildman–Crippen MR) is 79.2 cm³/mol. The molecule has 0 saturated carbocycles. The van der Waals surface area contributed by atoms with Crippen LogP contribution < -0.4 is 5.73 Å². The van der Waals surface area contributed by atoms with Crippen molar-refractivity contribution in [3.05, 3.63) is 35.4 Å². The SMILES string of the molecule is COC1CCN(C(c2ccc(C)cc2)C(C)N)CC1. The first-order valence-corrected chi connectivity index (χ1v) is 7.21. The van der Waals surface area contributed by atoms with Gasteiger partial charge in [-0.05, 0) is 32.3 Å². The summed E-state index contributed by atoms with van der Waals surface area (Å²) in [6.45, 7) is 6.36. The average Bonchev–Trinajstić information content (AvgIpc) is 2.42. The maximum absolute atomic E-state index is 6.23. The number of rotatable bonds is 4. The Balaban J connectivity index is 2.10. The molecule has 0 radical (unpaired) electrons. The molecule has 1 aliphatic rings. The Morgan fingerprint density at radius 2 is 1.79 bits per heavy atom. The summed E-state index contributed by atoms with van der Waals surface area (Å²) in [5, 5.41) is 0. The van der Waals surface area contributed by atoms with Crippen LogP contribution in [0.15, 0.2) is 24.3 Å². The highest BCUT2D eigenvalue weighted by molar-refractivity contribution is 5.25. The number of ether oxygens (including phenoxy) is 1. The molecular weight excluding hydrogens is 236 g/mol. The molecule has 2 N–H and O–H groups in total. The molecule has 2 unspecified atom stereocenters. The summed E-state index contributed by atoms with van der Waals surface area (Å²) in [6.07, 6.45) is 2.62. The molecular formula is C16H26N2O. The van der Waals surface area contributed by atoms with E-state index in [1.54, 1.807) is 0 Å². The Morgan fingerprint density at radius 1 is 1.21 bits per heavy atom. The van der Waals surface area contributed by atoms with Crippen molar-refractivity contribution in [2.75, 3.05) is 20.2 Å². The smallest absolute Gasteiger partial charge is 0.0595 e. The second-order valence-corrected chi connectivity index (χ2v) is 5.69. The molecule has 1 heterocycles. The van der Waals surface area contributed by atoms with Crippen LogP contribution in [0.5, 0.6) is 0 Å². The van der Waals surface area contributed by atoms with E-state index in [-0.39, 0.29) is 6.04 Å². The van der Waals surface area contributed by atoms with Gasteiger partial charge in [0.15, 0.2) is 0 Å². The number of benzene rings is 1. The third kappa shape index (κ3) is 3.56. The van der Waals surface area contributed by atoms with Gasteiger partial charge in [-0.2, -0.15) is 0 Å². The van der Waals surface area contributed by atoms with Crippen LogP contribution in [0.2, 0.25) is 0 Å². The summed E-state index contributed by atoms with van der Waals surface area (Å²) in [6, 6.07) is 9.23. The van der Waals surface area contributed by atoms with Gasteiger partial charge in [-0.25, -0.2) is 0 Å². The molecule has 3 nitrogen and oxygen atoms in total. The second-order valence-electron chi connectivity index (χ2n) is 5.69. The highest BCUT2D eigenvalue weighted by Crippen LogP contribution is 2.27. The van der Waals surface area contributed by atoms with E-state index in [1.807, 2.05) is 7.11 Å². The van der Waals surface area contributed by atoms with Crippen LogP contribution in [0, 0.1) is 6.92 Å². The summed E-state index contributed by atoms with van der Waals surface area (Å²) in [5.74, 6) is 0. The van der Waals surface area contributed by atoms with E-state index in [1.165, 1.54) is 11.1 Å². The zero-order chi connectivity index (χ0) is 13.8. The first-order valence-electron chi connectivity index (χ1n) is 7.21. The largest absolute Gasteiger partial charge is 0.381 e. The zero-order valence-corrected chi connectivity index (χ0v) is 12.3. The number of piperidine rings is 1. The monoisotopic (exact) mass is 262 g/mol. The minimum absolute atomic E-state index is 0.141. The number of methoxy groups -OCH3 is 1. The van der Waals surface area contributed by atoms with E-state index in [9.17, 15) is 0 Å². The highest BCUT2D eigenvalue weighted by atomic mass is 16.5. The Kier molecular flexibility index (Phi) is 4.97. The fraction of sp³-hybridized carbons (Fsp3) is 0.625. The molecule has 0 aromatic heterocycles. The van der Waals surface area contributed by atoms with Crippen LogP contribution in [0.1, 0.15) is 36.9 Å². The third-order valence-electron chi connectivity index (χ3n) is 4.12. The second kappa shape index (κ2) is 6.51. The lowest BCUT2D eigenvalue weighted by molar-refractivity contribution is 0.0234. The number of nitrogens with two attached hydrogens (primary N) is 1. The quantitative estimate of drug-likeness (QED) is 0.906. The van der Waals surface area contributed by atoms with Crippen molar-refractivity contribution < 1.29 is 4.74 Å². The van der Waals surface area contributed by atoms with E-state index >= 15 is 0 Å². The molecule has 19 heavy (non-hydrogen) atoms. The van der Waals surface area contributed by atoms with E-state index in [0.717, 1.165) is 25.9 Å². The number of aryl methyl sites for hydroxylation is 1. The topological polar surface area (TPSA) is 38.5 Å². The van der Waals surface area contributed by atoms with Crippen LogP contribution in [0.4, 0.5) is 0 Å². The Bertz CT molecular complexity index is 380. The van der Waals surface area contributed by atoms with Crippen LogP contribution in [0.3, 0.4) is 0 Å².